The van der Waals surface area contributed by atoms with Crippen LogP contribution < -0.4 is 0 Å². The molecule has 0 aliphatic heterocycles. The average Bonchev–Trinajstić information content (AvgIpc) is 2.16. The lowest BCUT2D eigenvalue weighted by Crippen LogP contribution is -2.19. The molecule has 0 spiro atoms. The van der Waals surface area contributed by atoms with E-state index in [4.69, 9.17) is 10.2 Å². The molecule has 1 aromatic carbocycles. The molecule has 14 heavy (non-hydrogen) atoms. The number of aromatic hydroxyl groups is 1. The van der Waals surface area contributed by atoms with Crippen LogP contribution in [0.15, 0.2) is 29.4 Å². The second-order valence-electron chi connectivity index (χ2n) is 2.83. The van der Waals surface area contributed by atoms with Gasteiger partial charge in [-0.05, 0) is 17.7 Å². The van der Waals surface area contributed by atoms with Crippen LogP contribution in [0.4, 0.5) is 0 Å². The number of hydrogen-bond donors (Lipinski definition) is 2. The molecule has 0 aliphatic carbocycles. The molecule has 0 amide bonds. The maximum absolute atomic E-state index is 10.5. The summed E-state index contributed by atoms with van der Waals surface area (Å²) in [5.41, 5.74) is 0.648. The molecule has 1 unspecified atom stereocenters. The minimum Gasteiger partial charge on any atom is -0.508 e. The van der Waals surface area contributed by atoms with Crippen molar-refractivity contribution in [1.29, 1.82) is 0 Å². The van der Waals surface area contributed by atoms with E-state index in [1.807, 2.05) is 0 Å². The molecule has 0 aliphatic rings. The Labute approximate surface area is 80.0 Å². The number of carboxylic acids is 1. The Morgan fingerprint density at radius 2 is 1.93 bits per heavy atom. The van der Waals surface area contributed by atoms with Crippen molar-refractivity contribution < 1.29 is 15.0 Å². The second-order valence-corrected chi connectivity index (χ2v) is 2.83. The molecule has 0 fully saturated rings. The molecule has 74 valence electrons. The molecular formula is C9H9NO4. The van der Waals surface area contributed by atoms with Crippen LogP contribution in [0.2, 0.25) is 0 Å². The Hall–Kier alpha value is -1.91. The van der Waals surface area contributed by atoms with Crippen LogP contribution in [0.3, 0.4) is 0 Å². The van der Waals surface area contributed by atoms with Crippen LogP contribution in [0.1, 0.15) is 5.56 Å². The number of hydrogen-bond acceptors (Lipinski definition) is 4. The summed E-state index contributed by atoms with van der Waals surface area (Å²) in [6.45, 7) is 0. The molecule has 5 heteroatoms. The Bertz CT molecular complexity index is 333. The molecule has 1 atom stereocenters. The largest absolute Gasteiger partial charge is 0.508 e. The Balaban J connectivity index is 2.72. The predicted octanol–water partition coefficient (Wildman–Crippen LogP) is 1.15. The first kappa shape index (κ1) is 10.2. The SMILES string of the molecule is O=NC(Cc1ccc(O)cc1)C(=O)O. The van der Waals surface area contributed by atoms with Gasteiger partial charge in [-0.3, -0.25) is 0 Å². The first-order valence-electron chi connectivity index (χ1n) is 3.96. The number of phenolic OH excluding ortho intramolecular Hbond substituents is 1. The van der Waals surface area contributed by atoms with Gasteiger partial charge in [-0.1, -0.05) is 17.3 Å². The molecule has 0 aromatic heterocycles. The van der Waals surface area contributed by atoms with Gasteiger partial charge in [0, 0.05) is 6.42 Å². The third-order valence-corrected chi connectivity index (χ3v) is 1.78. The average molecular weight is 195 g/mol. The molecule has 2 N–H and O–H groups in total. The maximum atomic E-state index is 10.5. The van der Waals surface area contributed by atoms with E-state index in [1.54, 1.807) is 12.1 Å². The van der Waals surface area contributed by atoms with Crippen molar-refractivity contribution in [2.45, 2.75) is 12.5 Å². The first-order chi connectivity index (χ1) is 6.63. The third-order valence-electron chi connectivity index (χ3n) is 1.78. The molecule has 0 bridgehead atoms. The van der Waals surface area contributed by atoms with E-state index in [1.165, 1.54) is 12.1 Å². The monoisotopic (exact) mass is 195 g/mol. The maximum Gasteiger partial charge on any atom is 0.332 e. The summed E-state index contributed by atoms with van der Waals surface area (Å²) in [7, 11) is 0. The fourth-order valence-electron chi connectivity index (χ4n) is 1.02. The summed E-state index contributed by atoms with van der Waals surface area (Å²) in [5.74, 6) is -1.15. The van der Waals surface area contributed by atoms with Crippen molar-refractivity contribution >= 4 is 5.97 Å². The van der Waals surface area contributed by atoms with E-state index >= 15 is 0 Å². The fraction of sp³-hybridized carbons (Fsp3) is 0.222. The number of carboxylic acid groups (broad SMARTS) is 1. The van der Waals surface area contributed by atoms with Gasteiger partial charge in [-0.2, -0.15) is 0 Å². The lowest BCUT2D eigenvalue weighted by Gasteiger charge is -2.03. The highest BCUT2D eigenvalue weighted by molar-refractivity contribution is 5.74. The van der Waals surface area contributed by atoms with Crippen LogP contribution in [-0.2, 0) is 11.2 Å². The van der Waals surface area contributed by atoms with E-state index in [0.717, 1.165) is 0 Å². The number of phenols is 1. The van der Waals surface area contributed by atoms with E-state index < -0.39 is 12.0 Å². The minimum atomic E-state index is -1.26. The number of aliphatic carboxylic acids is 1. The summed E-state index contributed by atoms with van der Waals surface area (Å²) in [5, 5.41) is 20.0. The lowest BCUT2D eigenvalue weighted by atomic mass is 10.1. The van der Waals surface area contributed by atoms with Crippen LogP contribution in [0.25, 0.3) is 0 Å². The zero-order chi connectivity index (χ0) is 10.6. The predicted molar refractivity (Wildman–Crippen MR) is 49.0 cm³/mol. The van der Waals surface area contributed by atoms with Gasteiger partial charge in [-0.25, -0.2) is 4.79 Å². The van der Waals surface area contributed by atoms with Crippen molar-refractivity contribution in [2.75, 3.05) is 0 Å². The number of carbonyl (C=O) groups is 1. The van der Waals surface area contributed by atoms with Gasteiger partial charge < -0.3 is 10.2 Å². The van der Waals surface area contributed by atoms with Gasteiger partial charge in [0.2, 0.25) is 0 Å². The van der Waals surface area contributed by atoms with Crippen LogP contribution in [0, 0.1) is 4.91 Å². The number of nitroso groups, excluding NO2 is 1. The topological polar surface area (TPSA) is 87.0 Å². The quantitative estimate of drug-likeness (QED) is 0.705. The number of nitrogens with zero attached hydrogens (tertiary/aromatic N) is 1. The van der Waals surface area contributed by atoms with Crippen LogP contribution in [0.5, 0.6) is 5.75 Å². The lowest BCUT2D eigenvalue weighted by molar-refractivity contribution is -0.138. The summed E-state index contributed by atoms with van der Waals surface area (Å²) in [6, 6.07) is 4.70. The second kappa shape index (κ2) is 4.36. The number of rotatable bonds is 4. The van der Waals surface area contributed by atoms with E-state index in [2.05, 4.69) is 5.18 Å². The zero-order valence-corrected chi connectivity index (χ0v) is 7.25. The Kier molecular flexibility index (Phi) is 3.17. The molecule has 0 radical (unpaired) electrons. The van der Waals surface area contributed by atoms with Crippen molar-refractivity contribution in [3.8, 4) is 5.75 Å². The molecule has 1 rings (SSSR count). The standard InChI is InChI=1S/C9H9NO4/c11-7-3-1-6(2-4-7)5-8(10-14)9(12)13/h1-4,8,11H,5H2,(H,12,13). The highest BCUT2D eigenvalue weighted by Gasteiger charge is 2.17. The van der Waals surface area contributed by atoms with Gasteiger partial charge in [0.05, 0.1) is 0 Å². The van der Waals surface area contributed by atoms with Gasteiger partial charge >= 0.3 is 5.97 Å². The smallest absolute Gasteiger partial charge is 0.332 e. The van der Waals surface area contributed by atoms with Gasteiger partial charge in [0.1, 0.15) is 5.75 Å². The van der Waals surface area contributed by atoms with Crippen LogP contribution in [-0.4, -0.2) is 22.2 Å². The van der Waals surface area contributed by atoms with E-state index in [-0.39, 0.29) is 12.2 Å². The van der Waals surface area contributed by atoms with E-state index in [9.17, 15) is 9.70 Å². The molecule has 5 nitrogen and oxygen atoms in total. The van der Waals surface area contributed by atoms with Crippen molar-refractivity contribution in [3.05, 3.63) is 34.7 Å². The Morgan fingerprint density at radius 3 is 2.36 bits per heavy atom. The molecule has 0 heterocycles. The zero-order valence-electron chi connectivity index (χ0n) is 7.25. The van der Waals surface area contributed by atoms with Gasteiger partial charge in [-0.15, -0.1) is 4.91 Å². The summed E-state index contributed by atoms with van der Waals surface area (Å²) in [4.78, 5) is 20.6. The van der Waals surface area contributed by atoms with E-state index in [0.29, 0.717) is 5.56 Å². The molecule has 0 saturated heterocycles. The van der Waals surface area contributed by atoms with Crippen LogP contribution >= 0.6 is 0 Å². The minimum absolute atomic E-state index is 0.0408. The summed E-state index contributed by atoms with van der Waals surface area (Å²) < 4.78 is 0. The summed E-state index contributed by atoms with van der Waals surface area (Å²) in [6.07, 6.45) is 0.0408. The van der Waals surface area contributed by atoms with Gasteiger partial charge in [0.15, 0.2) is 6.04 Å². The van der Waals surface area contributed by atoms with Gasteiger partial charge in [0.25, 0.3) is 0 Å². The first-order valence-corrected chi connectivity index (χ1v) is 3.96. The normalized spacial score (nSPS) is 12.0. The highest BCUT2D eigenvalue weighted by atomic mass is 16.4. The highest BCUT2D eigenvalue weighted by Crippen LogP contribution is 2.12. The van der Waals surface area contributed by atoms with Crippen molar-refractivity contribution in [1.82, 2.24) is 0 Å². The number of benzene rings is 1. The molecular weight excluding hydrogens is 186 g/mol. The molecule has 1 aromatic rings. The molecule has 0 saturated carbocycles. The van der Waals surface area contributed by atoms with Crippen molar-refractivity contribution in [3.63, 3.8) is 0 Å². The Morgan fingerprint density at radius 1 is 1.36 bits per heavy atom. The fourth-order valence-corrected chi connectivity index (χ4v) is 1.02. The third kappa shape index (κ3) is 2.55. The van der Waals surface area contributed by atoms with Crippen molar-refractivity contribution in [2.24, 2.45) is 5.18 Å². The summed E-state index contributed by atoms with van der Waals surface area (Å²) >= 11 is 0.